The number of hydrogen-bond donors (Lipinski definition) is 0. The van der Waals surface area contributed by atoms with Crippen LogP contribution in [0, 0.1) is 0 Å². The Kier molecular flexibility index (Phi) is 6.50. The Hall–Kier alpha value is -2.04. The average Bonchev–Trinajstić information content (AvgIpc) is 3.24. The van der Waals surface area contributed by atoms with Crippen molar-refractivity contribution in [2.45, 2.75) is 78.9 Å². The summed E-state index contributed by atoms with van der Waals surface area (Å²) in [6.45, 7) is 16.4. The first kappa shape index (κ1) is 22.6. The van der Waals surface area contributed by atoms with Gasteiger partial charge in [0.2, 0.25) is 0 Å². The molecule has 0 amide bonds. The fourth-order valence-corrected chi connectivity index (χ4v) is 4.01. The summed E-state index contributed by atoms with van der Waals surface area (Å²) >= 11 is 0. The van der Waals surface area contributed by atoms with Crippen molar-refractivity contribution in [3.05, 3.63) is 65.3 Å². The lowest BCUT2D eigenvalue weighted by molar-refractivity contribution is 0.00578. The van der Waals surface area contributed by atoms with E-state index in [1.54, 1.807) is 0 Å². The van der Waals surface area contributed by atoms with Crippen LogP contribution in [-0.4, -0.2) is 18.3 Å². The second-order valence-electron chi connectivity index (χ2n) is 8.46. The van der Waals surface area contributed by atoms with Gasteiger partial charge in [0.25, 0.3) is 0 Å². The van der Waals surface area contributed by atoms with Crippen molar-refractivity contribution in [3.8, 4) is 5.75 Å². The maximum atomic E-state index is 6.25. The quantitative estimate of drug-likeness (QED) is 0.468. The van der Waals surface area contributed by atoms with Gasteiger partial charge in [-0.05, 0) is 51.1 Å². The Bertz CT molecular complexity index is 955. The van der Waals surface area contributed by atoms with Crippen LogP contribution < -0.4 is 4.74 Å². The third kappa shape index (κ3) is 3.72. The summed E-state index contributed by atoms with van der Waals surface area (Å²) in [4.78, 5) is 0. The third-order valence-corrected chi connectivity index (χ3v) is 6.31. The van der Waals surface area contributed by atoms with E-state index in [9.17, 15) is 0 Å². The number of benzene rings is 2. The standard InChI is InChI=1S/C22H23BO3.2C2H6/c1-21(2)22(3,4)26-23(25-21)15-10-12-19-18(13-15)17-11-9-14-7-5-6-8-16(14)20(17)24-19;2*1-2/h5-12,18H,13H2,1-4H3;2*1-2H3. The first-order valence-electron chi connectivity index (χ1n) is 11.3. The molecule has 0 radical (unpaired) electrons. The molecule has 3 aliphatic rings. The molecular weight excluding hydrogens is 371 g/mol. The van der Waals surface area contributed by atoms with E-state index in [-0.39, 0.29) is 24.2 Å². The van der Waals surface area contributed by atoms with Crippen LogP contribution in [0.2, 0.25) is 0 Å². The fourth-order valence-electron chi connectivity index (χ4n) is 4.01. The Morgan fingerprint density at radius 1 is 0.833 bits per heavy atom. The topological polar surface area (TPSA) is 27.7 Å². The van der Waals surface area contributed by atoms with Crippen LogP contribution in [0.4, 0.5) is 0 Å². The van der Waals surface area contributed by atoms with E-state index >= 15 is 0 Å². The van der Waals surface area contributed by atoms with Crippen molar-refractivity contribution >= 4 is 17.9 Å². The monoisotopic (exact) mass is 406 g/mol. The average molecular weight is 406 g/mol. The van der Waals surface area contributed by atoms with Crippen molar-refractivity contribution in [2.75, 3.05) is 0 Å². The van der Waals surface area contributed by atoms with Crippen LogP contribution in [0.3, 0.4) is 0 Å². The van der Waals surface area contributed by atoms with Crippen LogP contribution in [0.5, 0.6) is 5.75 Å². The highest BCUT2D eigenvalue weighted by atomic mass is 16.7. The van der Waals surface area contributed by atoms with Gasteiger partial charge in [-0.3, -0.25) is 0 Å². The summed E-state index contributed by atoms with van der Waals surface area (Å²) in [6.07, 6.45) is 5.07. The van der Waals surface area contributed by atoms with Gasteiger partial charge in [0.05, 0.1) is 11.2 Å². The molecule has 1 saturated heterocycles. The predicted octanol–water partition coefficient (Wildman–Crippen LogP) is 7.21. The molecule has 2 aromatic carbocycles. The Morgan fingerprint density at radius 2 is 1.47 bits per heavy atom. The molecule has 1 aliphatic carbocycles. The molecule has 3 nitrogen and oxygen atoms in total. The van der Waals surface area contributed by atoms with Crippen molar-refractivity contribution in [1.82, 2.24) is 0 Å². The Morgan fingerprint density at radius 3 is 2.13 bits per heavy atom. The zero-order valence-electron chi connectivity index (χ0n) is 19.7. The van der Waals surface area contributed by atoms with Gasteiger partial charge in [-0.25, -0.2) is 0 Å². The summed E-state index contributed by atoms with van der Waals surface area (Å²) in [6, 6.07) is 12.8. The Labute approximate surface area is 182 Å². The molecule has 1 unspecified atom stereocenters. The maximum Gasteiger partial charge on any atom is 0.490 e. The second kappa shape index (κ2) is 8.60. The van der Waals surface area contributed by atoms with E-state index in [4.69, 9.17) is 14.0 Å². The van der Waals surface area contributed by atoms with Crippen molar-refractivity contribution < 1.29 is 14.0 Å². The largest absolute Gasteiger partial charge is 0.490 e. The summed E-state index contributed by atoms with van der Waals surface area (Å²) in [5, 5.41) is 2.39. The van der Waals surface area contributed by atoms with Gasteiger partial charge in [-0.1, -0.05) is 70.2 Å². The van der Waals surface area contributed by atoms with Crippen molar-refractivity contribution in [1.29, 1.82) is 0 Å². The highest BCUT2D eigenvalue weighted by molar-refractivity contribution is 6.54. The van der Waals surface area contributed by atoms with E-state index in [2.05, 4.69) is 76.2 Å². The minimum atomic E-state index is -0.317. The lowest BCUT2D eigenvalue weighted by Gasteiger charge is -2.32. The van der Waals surface area contributed by atoms with Gasteiger partial charge in [-0.15, -0.1) is 0 Å². The van der Waals surface area contributed by atoms with Gasteiger partial charge < -0.3 is 14.0 Å². The van der Waals surface area contributed by atoms with Crippen LogP contribution in [-0.2, 0) is 9.31 Å². The van der Waals surface area contributed by atoms with Crippen LogP contribution >= 0.6 is 0 Å². The van der Waals surface area contributed by atoms with Crippen LogP contribution in [0.1, 0.15) is 73.3 Å². The van der Waals surface area contributed by atoms with Crippen molar-refractivity contribution in [2.24, 2.45) is 0 Å². The molecule has 0 bridgehead atoms. The summed E-state index contributed by atoms with van der Waals surface area (Å²) in [5.41, 5.74) is 1.81. The molecule has 2 aromatic rings. The lowest BCUT2D eigenvalue weighted by atomic mass is 9.70. The van der Waals surface area contributed by atoms with E-state index in [0.29, 0.717) is 0 Å². The molecule has 1 fully saturated rings. The summed E-state index contributed by atoms with van der Waals surface area (Å²) < 4.78 is 18.8. The molecule has 2 heterocycles. The number of fused-ring (bicyclic) bond motifs is 5. The first-order chi connectivity index (χ1) is 14.4. The zero-order chi connectivity index (χ0) is 22.1. The molecule has 0 N–H and O–H groups in total. The van der Waals surface area contributed by atoms with Gasteiger partial charge >= 0.3 is 7.12 Å². The van der Waals surface area contributed by atoms with Gasteiger partial charge in [0.15, 0.2) is 0 Å². The first-order valence-corrected chi connectivity index (χ1v) is 11.3. The number of rotatable bonds is 1. The highest BCUT2D eigenvalue weighted by Gasteiger charge is 2.53. The zero-order valence-corrected chi connectivity index (χ0v) is 19.7. The number of hydrogen-bond acceptors (Lipinski definition) is 3. The van der Waals surface area contributed by atoms with Gasteiger partial charge in [-0.2, -0.15) is 0 Å². The smallest absolute Gasteiger partial charge is 0.460 e. The van der Waals surface area contributed by atoms with Crippen LogP contribution in [0.15, 0.2) is 59.8 Å². The fraction of sp³-hybridized carbons (Fsp3) is 0.462. The number of allylic oxidation sites excluding steroid dienone is 4. The predicted molar refractivity (Wildman–Crippen MR) is 127 cm³/mol. The molecule has 0 saturated carbocycles. The SMILES string of the molecule is CC.CC.CC1(C)OB(C2=CC=C3Oc4c(ccc5ccccc45)C3C2)OC1(C)C. The normalized spacial score (nSPS) is 22.4. The lowest BCUT2D eigenvalue weighted by Crippen LogP contribution is -2.41. The molecule has 1 atom stereocenters. The van der Waals surface area contributed by atoms with E-state index in [1.165, 1.54) is 21.8 Å². The molecule has 4 heteroatoms. The molecule has 2 aliphatic heterocycles. The maximum absolute atomic E-state index is 6.25. The van der Waals surface area contributed by atoms with E-state index in [0.717, 1.165) is 17.9 Å². The van der Waals surface area contributed by atoms with Crippen molar-refractivity contribution in [3.63, 3.8) is 0 Å². The molecule has 5 rings (SSSR count). The summed E-state index contributed by atoms with van der Waals surface area (Å²) in [5.74, 6) is 2.27. The minimum Gasteiger partial charge on any atom is -0.460 e. The van der Waals surface area contributed by atoms with Gasteiger partial charge in [0, 0.05) is 16.9 Å². The third-order valence-electron chi connectivity index (χ3n) is 6.31. The number of ether oxygens (including phenoxy) is 1. The Balaban J connectivity index is 0.000000606. The minimum absolute atomic E-state index is 0.244. The molecule has 0 aromatic heterocycles. The summed E-state index contributed by atoms with van der Waals surface area (Å²) in [7, 11) is -0.290. The molecule has 160 valence electrons. The van der Waals surface area contributed by atoms with Crippen LogP contribution in [0.25, 0.3) is 10.8 Å². The van der Waals surface area contributed by atoms with Gasteiger partial charge in [0.1, 0.15) is 11.5 Å². The second-order valence-corrected chi connectivity index (χ2v) is 8.46. The highest BCUT2D eigenvalue weighted by Crippen LogP contribution is 2.50. The molecule has 0 spiro atoms. The molecular formula is C26H35BO3. The van der Waals surface area contributed by atoms with E-state index < -0.39 is 0 Å². The van der Waals surface area contributed by atoms with E-state index in [1.807, 2.05) is 27.7 Å². The molecule has 30 heavy (non-hydrogen) atoms.